The second kappa shape index (κ2) is 4.96. The summed E-state index contributed by atoms with van der Waals surface area (Å²) in [7, 11) is 1.70. The van der Waals surface area contributed by atoms with Crippen LogP contribution in [0.4, 0.5) is 11.9 Å². The monoisotopic (exact) mass is 254 g/mol. The highest BCUT2D eigenvalue weighted by molar-refractivity contribution is 6.28. The Morgan fingerprint density at radius 3 is 2.71 bits per heavy atom. The van der Waals surface area contributed by atoms with Crippen molar-refractivity contribution in [3.05, 3.63) is 22.8 Å². The van der Waals surface area contributed by atoms with Crippen molar-refractivity contribution in [2.24, 2.45) is 0 Å². The number of aryl methyl sites for hydroxylation is 1. The third kappa shape index (κ3) is 3.04. The van der Waals surface area contributed by atoms with Crippen molar-refractivity contribution in [3.63, 3.8) is 0 Å². The fourth-order valence-corrected chi connectivity index (χ4v) is 1.37. The van der Waals surface area contributed by atoms with Gasteiger partial charge in [0, 0.05) is 13.1 Å². The highest BCUT2D eigenvalue weighted by atomic mass is 35.5. The minimum atomic E-state index is 0.128. The van der Waals surface area contributed by atoms with E-state index in [4.69, 9.17) is 16.1 Å². The number of hydrogen-bond donors (Lipinski definition) is 2. The zero-order valence-corrected chi connectivity index (χ0v) is 10.1. The lowest BCUT2D eigenvalue weighted by Crippen LogP contribution is -2.07. The zero-order valence-electron chi connectivity index (χ0n) is 9.36. The van der Waals surface area contributed by atoms with Gasteiger partial charge >= 0.3 is 0 Å². The van der Waals surface area contributed by atoms with Crippen molar-refractivity contribution < 1.29 is 4.52 Å². The van der Waals surface area contributed by atoms with Gasteiger partial charge < -0.3 is 15.2 Å². The Morgan fingerprint density at radius 1 is 1.29 bits per heavy atom. The Kier molecular flexibility index (Phi) is 3.38. The van der Waals surface area contributed by atoms with Crippen LogP contribution in [0.5, 0.6) is 0 Å². The first-order valence-electron chi connectivity index (χ1n) is 4.93. The number of anilines is 2. The van der Waals surface area contributed by atoms with E-state index in [2.05, 4.69) is 30.7 Å². The van der Waals surface area contributed by atoms with Crippen LogP contribution in [0.2, 0.25) is 5.28 Å². The normalized spacial score (nSPS) is 10.3. The van der Waals surface area contributed by atoms with E-state index < -0.39 is 0 Å². The smallest absolute Gasteiger partial charge is 0.229 e. The zero-order chi connectivity index (χ0) is 12.3. The maximum Gasteiger partial charge on any atom is 0.229 e. The van der Waals surface area contributed by atoms with Crippen molar-refractivity contribution >= 4 is 23.5 Å². The van der Waals surface area contributed by atoms with E-state index in [9.17, 15) is 0 Å². The van der Waals surface area contributed by atoms with Gasteiger partial charge in [0.25, 0.3) is 0 Å². The van der Waals surface area contributed by atoms with Gasteiger partial charge in [0.05, 0.1) is 6.54 Å². The molecule has 7 nitrogen and oxygen atoms in total. The molecule has 2 heterocycles. The van der Waals surface area contributed by atoms with Crippen LogP contribution in [-0.2, 0) is 6.54 Å². The Balaban J connectivity index is 2.05. The predicted molar refractivity (Wildman–Crippen MR) is 63.0 cm³/mol. The van der Waals surface area contributed by atoms with E-state index in [1.54, 1.807) is 7.05 Å². The molecule has 2 rings (SSSR count). The second-order valence-electron chi connectivity index (χ2n) is 3.28. The summed E-state index contributed by atoms with van der Waals surface area (Å²) in [4.78, 5) is 11.9. The molecular formula is C9H11ClN6O. The van der Waals surface area contributed by atoms with Gasteiger partial charge in [0.2, 0.25) is 17.2 Å². The predicted octanol–water partition coefficient (Wildman–Crippen LogP) is 1.48. The molecule has 2 aromatic heterocycles. The van der Waals surface area contributed by atoms with Crippen molar-refractivity contribution in [1.29, 1.82) is 0 Å². The molecule has 0 radical (unpaired) electrons. The molecule has 0 unspecified atom stereocenters. The fraction of sp³-hybridized carbons (Fsp3) is 0.333. The Morgan fingerprint density at radius 2 is 2.06 bits per heavy atom. The van der Waals surface area contributed by atoms with Crippen LogP contribution >= 0.6 is 11.6 Å². The van der Waals surface area contributed by atoms with E-state index in [0.717, 1.165) is 11.5 Å². The first-order valence-corrected chi connectivity index (χ1v) is 5.30. The van der Waals surface area contributed by atoms with Crippen LogP contribution in [0.25, 0.3) is 0 Å². The van der Waals surface area contributed by atoms with Crippen molar-refractivity contribution in [2.45, 2.75) is 13.5 Å². The fourth-order valence-electron chi connectivity index (χ4n) is 1.21. The molecule has 0 aromatic carbocycles. The molecule has 0 saturated heterocycles. The third-order valence-electron chi connectivity index (χ3n) is 1.94. The summed E-state index contributed by atoms with van der Waals surface area (Å²) >= 11 is 5.74. The first-order chi connectivity index (χ1) is 8.17. The summed E-state index contributed by atoms with van der Waals surface area (Å²) in [6, 6.07) is 1.83. The number of nitrogens with one attached hydrogen (secondary N) is 2. The van der Waals surface area contributed by atoms with Crippen LogP contribution in [0.15, 0.2) is 10.6 Å². The Bertz CT molecular complexity index is 514. The molecule has 8 heteroatoms. The van der Waals surface area contributed by atoms with Gasteiger partial charge in [-0.05, 0) is 18.5 Å². The highest BCUT2D eigenvalue weighted by Gasteiger charge is 2.05. The topological polar surface area (TPSA) is 88.8 Å². The molecular weight excluding hydrogens is 244 g/mol. The minimum absolute atomic E-state index is 0.128. The quantitative estimate of drug-likeness (QED) is 0.854. The van der Waals surface area contributed by atoms with Crippen LogP contribution in [0.3, 0.4) is 0 Å². The first kappa shape index (κ1) is 11.6. The number of rotatable bonds is 4. The van der Waals surface area contributed by atoms with E-state index in [-0.39, 0.29) is 5.28 Å². The molecule has 90 valence electrons. The Hall–Kier alpha value is -1.89. The average Bonchev–Trinajstić information content (AvgIpc) is 2.72. The summed E-state index contributed by atoms with van der Waals surface area (Å²) in [5.74, 6) is 1.55. The minimum Gasteiger partial charge on any atom is -0.361 e. The molecule has 0 atom stereocenters. The summed E-state index contributed by atoms with van der Waals surface area (Å²) in [5.41, 5.74) is 0.769. The molecule has 0 bridgehead atoms. The number of nitrogens with zero attached hydrogens (tertiary/aromatic N) is 4. The highest BCUT2D eigenvalue weighted by Crippen LogP contribution is 2.10. The maximum atomic E-state index is 5.74. The van der Waals surface area contributed by atoms with Gasteiger partial charge in [0.1, 0.15) is 11.5 Å². The van der Waals surface area contributed by atoms with Gasteiger partial charge in [-0.3, -0.25) is 0 Å². The molecule has 0 spiro atoms. The van der Waals surface area contributed by atoms with E-state index in [1.165, 1.54) is 0 Å². The standard InChI is InChI=1S/C9H11ClN6O/c1-5-3-6(16-17-5)4-12-9-14-7(10)13-8(11-2)15-9/h3H,4H2,1-2H3,(H2,11,12,13,14,15). The molecule has 0 aliphatic carbocycles. The molecule has 17 heavy (non-hydrogen) atoms. The summed E-state index contributed by atoms with van der Waals surface area (Å²) in [6.45, 7) is 2.29. The summed E-state index contributed by atoms with van der Waals surface area (Å²) < 4.78 is 4.94. The van der Waals surface area contributed by atoms with Gasteiger partial charge in [-0.25, -0.2) is 0 Å². The molecule has 0 fully saturated rings. The molecule has 0 amide bonds. The largest absolute Gasteiger partial charge is 0.361 e. The second-order valence-corrected chi connectivity index (χ2v) is 3.62. The van der Waals surface area contributed by atoms with Crippen LogP contribution in [0, 0.1) is 6.92 Å². The Labute approximate surface area is 103 Å². The lowest BCUT2D eigenvalue weighted by atomic mass is 10.4. The molecule has 2 N–H and O–H groups in total. The molecule has 2 aromatic rings. The summed E-state index contributed by atoms with van der Waals surface area (Å²) in [6.07, 6.45) is 0. The number of hydrogen-bond acceptors (Lipinski definition) is 7. The van der Waals surface area contributed by atoms with Crippen LogP contribution in [-0.4, -0.2) is 27.2 Å². The maximum absolute atomic E-state index is 5.74. The average molecular weight is 255 g/mol. The number of halogens is 1. The summed E-state index contributed by atoms with van der Waals surface area (Å²) in [5, 5.41) is 9.74. The van der Waals surface area contributed by atoms with Gasteiger partial charge in [0.15, 0.2) is 0 Å². The third-order valence-corrected chi connectivity index (χ3v) is 2.11. The van der Waals surface area contributed by atoms with Crippen LogP contribution < -0.4 is 10.6 Å². The van der Waals surface area contributed by atoms with Crippen LogP contribution in [0.1, 0.15) is 11.5 Å². The van der Waals surface area contributed by atoms with E-state index in [1.807, 2.05) is 13.0 Å². The lowest BCUT2D eigenvalue weighted by Gasteiger charge is -2.04. The lowest BCUT2D eigenvalue weighted by molar-refractivity contribution is 0.391. The number of aromatic nitrogens is 4. The van der Waals surface area contributed by atoms with Gasteiger partial charge in [-0.15, -0.1) is 0 Å². The molecule has 0 aliphatic heterocycles. The van der Waals surface area contributed by atoms with Crippen molar-refractivity contribution in [1.82, 2.24) is 20.1 Å². The van der Waals surface area contributed by atoms with E-state index >= 15 is 0 Å². The van der Waals surface area contributed by atoms with Gasteiger partial charge in [-0.2, -0.15) is 15.0 Å². The molecule has 0 saturated carbocycles. The SMILES string of the molecule is CNc1nc(Cl)nc(NCc2cc(C)on2)n1. The van der Waals surface area contributed by atoms with Gasteiger partial charge in [-0.1, -0.05) is 5.16 Å². The van der Waals surface area contributed by atoms with E-state index in [0.29, 0.717) is 18.4 Å². The van der Waals surface area contributed by atoms with Crippen molar-refractivity contribution in [3.8, 4) is 0 Å². The molecule has 0 aliphatic rings. The van der Waals surface area contributed by atoms with Crippen molar-refractivity contribution in [2.75, 3.05) is 17.7 Å².